The highest BCUT2D eigenvalue weighted by molar-refractivity contribution is 5.91. The van der Waals surface area contributed by atoms with Gasteiger partial charge in [-0.05, 0) is 43.2 Å². The van der Waals surface area contributed by atoms with Crippen molar-refractivity contribution < 1.29 is 22.8 Å². The predicted molar refractivity (Wildman–Crippen MR) is 113 cm³/mol. The lowest BCUT2D eigenvalue weighted by Crippen LogP contribution is -2.40. The summed E-state index contributed by atoms with van der Waals surface area (Å²) in [6, 6.07) is 11.4. The second-order valence-electron chi connectivity index (χ2n) is 7.21. The fourth-order valence-electron chi connectivity index (χ4n) is 3.28. The SMILES string of the molecule is CCN(Cc1cccc(NC(=O)Cn2cnc3c(C)cccc3c2=O)c1)C(=O)C(F)(F)F. The molecule has 32 heavy (non-hydrogen) atoms. The number of halogens is 3. The first-order valence-electron chi connectivity index (χ1n) is 9.79. The van der Waals surface area contributed by atoms with Crippen LogP contribution in [-0.2, 0) is 22.7 Å². The van der Waals surface area contributed by atoms with Crippen LogP contribution in [0.2, 0.25) is 0 Å². The molecule has 3 rings (SSSR count). The summed E-state index contributed by atoms with van der Waals surface area (Å²) in [6.45, 7) is 2.62. The third-order valence-corrected chi connectivity index (χ3v) is 4.86. The quantitative estimate of drug-likeness (QED) is 0.630. The number of rotatable bonds is 6. The van der Waals surface area contributed by atoms with Crippen LogP contribution in [0.25, 0.3) is 10.9 Å². The Hall–Kier alpha value is -3.69. The van der Waals surface area contributed by atoms with Crippen molar-refractivity contribution >= 4 is 28.4 Å². The summed E-state index contributed by atoms with van der Waals surface area (Å²) in [5.74, 6) is -2.43. The Morgan fingerprint density at radius 2 is 1.88 bits per heavy atom. The summed E-state index contributed by atoms with van der Waals surface area (Å²) < 4.78 is 39.3. The number of para-hydroxylation sites is 1. The molecule has 0 aliphatic rings. The number of fused-ring (bicyclic) bond motifs is 1. The highest BCUT2D eigenvalue weighted by Crippen LogP contribution is 2.21. The van der Waals surface area contributed by atoms with Gasteiger partial charge in [0.15, 0.2) is 0 Å². The smallest absolute Gasteiger partial charge is 0.331 e. The molecule has 0 aliphatic heterocycles. The van der Waals surface area contributed by atoms with Gasteiger partial charge in [0.2, 0.25) is 5.91 Å². The number of hydrogen-bond donors (Lipinski definition) is 1. The van der Waals surface area contributed by atoms with Gasteiger partial charge in [-0.1, -0.05) is 24.3 Å². The molecule has 0 unspecified atom stereocenters. The molecule has 2 aromatic carbocycles. The molecule has 0 spiro atoms. The third-order valence-electron chi connectivity index (χ3n) is 4.86. The molecule has 1 heterocycles. The van der Waals surface area contributed by atoms with Crippen molar-refractivity contribution in [1.29, 1.82) is 0 Å². The lowest BCUT2D eigenvalue weighted by molar-refractivity contribution is -0.185. The van der Waals surface area contributed by atoms with Crippen LogP contribution < -0.4 is 10.9 Å². The van der Waals surface area contributed by atoms with Crippen LogP contribution in [0.15, 0.2) is 53.6 Å². The van der Waals surface area contributed by atoms with E-state index in [1.165, 1.54) is 23.9 Å². The fraction of sp³-hybridized carbons (Fsp3) is 0.273. The van der Waals surface area contributed by atoms with Crippen LogP contribution in [-0.4, -0.2) is 39.0 Å². The number of aromatic nitrogens is 2. The number of carbonyl (C=O) groups excluding carboxylic acids is 2. The highest BCUT2D eigenvalue weighted by Gasteiger charge is 2.41. The molecule has 0 atom stereocenters. The lowest BCUT2D eigenvalue weighted by atomic mass is 10.1. The number of carbonyl (C=O) groups is 2. The molecule has 0 radical (unpaired) electrons. The van der Waals surface area contributed by atoms with Crippen molar-refractivity contribution in [2.24, 2.45) is 0 Å². The summed E-state index contributed by atoms with van der Waals surface area (Å²) >= 11 is 0. The van der Waals surface area contributed by atoms with Gasteiger partial charge in [0.05, 0.1) is 17.2 Å². The molecule has 2 amide bonds. The van der Waals surface area contributed by atoms with Gasteiger partial charge in [0.25, 0.3) is 5.56 Å². The van der Waals surface area contributed by atoms with Crippen LogP contribution in [0.4, 0.5) is 18.9 Å². The van der Waals surface area contributed by atoms with E-state index < -0.39 is 18.0 Å². The highest BCUT2D eigenvalue weighted by atomic mass is 19.4. The molecule has 0 fully saturated rings. The average Bonchev–Trinajstić information content (AvgIpc) is 2.73. The number of anilines is 1. The fourth-order valence-corrected chi connectivity index (χ4v) is 3.28. The van der Waals surface area contributed by atoms with E-state index in [1.807, 2.05) is 13.0 Å². The number of nitrogens with one attached hydrogen (secondary N) is 1. The molecule has 7 nitrogen and oxygen atoms in total. The lowest BCUT2D eigenvalue weighted by Gasteiger charge is -2.22. The molecule has 0 bridgehead atoms. The first-order valence-corrected chi connectivity index (χ1v) is 9.79. The third kappa shape index (κ3) is 5.13. The molecule has 1 aromatic heterocycles. The van der Waals surface area contributed by atoms with E-state index in [9.17, 15) is 27.6 Å². The maximum Gasteiger partial charge on any atom is 0.471 e. The van der Waals surface area contributed by atoms with Crippen molar-refractivity contribution in [3.8, 4) is 0 Å². The van der Waals surface area contributed by atoms with Gasteiger partial charge >= 0.3 is 12.1 Å². The summed E-state index contributed by atoms with van der Waals surface area (Å²) in [4.78, 5) is 41.5. The Kier molecular flexibility index (Phi) is 6.61. The summed E-state index contributed by atoms with van der Waals surface area (Å²) in [7, 11) is 0. The van der Waals surface area contributed by atoms with Gasteiger partial charge in [-0.2, -0.15) is 13.2 Å². The first-order chi connectivity index (χ1) is 15.1. The number of amides is 2. The van der Waals surface area contributed by atoms with Crippen molar-refractivity contribution in [3.05, 3.63) is 70.3 Å². The Morgan fingerprint density at radius 1 is 1.16 bits per heavy atom. The summed E-state index contributed by atoms with van der Waals surface area (Å²) in [5, 5.41) is 3.02. The molecule has 0 aliphatic carbocycles. The second kappa shape index (κ2) is 9.21. The van der Waals surface area contributed by atoms with E-state index in [4.69, 9.17) is 0 Å². The predicted octanol–water partition coefficient (Wildman–Crippen LogP) is 3.25. The topological polar surface area (TPSA) is 84.3 Å². The maximum atomic E-state index is 12.7. The van der Waals surface area contributed by atoms with Crippen LogP contribution in [0.5, 0.6) is 0 Å². The number of aryl methyl sites for hydroxylation is 1. The zero-order valence-electron chi connectivity index (χ0n) is 17.4. The Labute approximate surface area is 181 Å². The van der Waals surface area contributed by atoms with Gasteiger partial charge in [-0.25, -0.2) is 4.98 Å². The Morgan fingerprint density at radius 3 is 2.56 bits per heavy atom. The van der Waals surface area contributed by atoms with E-state index in [-0.39, 0.29) is 25.2 Å². The van der Waals surface area contributed by atoms with Gasteiger partial charge in [0.1, 0.15) is 6.54 Å². The maximum absolute atomic E-state index is 12.7. The minimum atomic E-state index is -4.96. The Balaban J connectivity index is 1.73. The van der Waals surface area contributed by atoms with Crippen molar-refractivity contribution in [2.45, 2.75) is 33.1 Å². The van der Waals surface area contributed by atoms with Crippen LogP contribution >= 0.6 is 0 Å². The number of hydrogen-bond acceptors (Lipinski definition) is 4. The minimum absolute atomic E-state index is 0.119. The number of benzene rings is 2. The zero-order valence-corrected chi connectivity index (χ0v) is 17.4. The van der Waals surface area contributed by atoms with Crippen LogP contribution in [0.3, 0.4) is 0 Å². The second-order valence-corrected chi connectivity index (χ2v) is 7.21. The monoisotopic (exact) mass is 446 g/mol. The molecular formula is C22H21F3N4O3. The van der Waals surface area contributed by atoms with Crippen molar-refractivity contribution in [2.75, 3.05) is 11.9 Å². The standard InChI is InChI=1S/C22H21F3N4O3/c1-3-28(21(32)22(23,24)25)11-15-7-5-8-16(10-15)27-18(30)12-29-13-26-19-14(2)6-4-9-17(19)20(29)31/h4-10,13H,3,11-12H2,1-2H3,(H,27,30). The largest absolute Gasteiger partial charge is 0.471 e. The average molecular weight is 446 g/mol. The van der Waals surface area contributed by atoms with E-state index in [0.717, 1.165) is 5.56 Å². The van der Waals surface area contributed by atoms with Gasteiger partial charge < -0.3 is 10.2 Å². The molecule has 3 aromatic rings. The van der Waals surface area contributed by atoms with E-state index >= 15 is 0 Å². The zero-order chi connectivity index (χ0) is 23.5. The number of alkyl halides is 3. The molecule has 168 valence electrons. The molecule has 10 heteroatoms. The summed E-state index contributed by atoms with van der Waals surface area (Å²) in [6.07, 6.45) is -3.66. The van der Waals surface area contributed by atoms with Gasteiger partial charge in [-0.3, -0.25) is 19.0 Å². The van der Waals surface area contributed by atoms with E-state index in [2.05, 4.69) is 10.3 Å². The van der Waals surface area contributed by atoms with E-state index in [0.29, 0.717) is 27.1 Å². The van der Waals surface area contributed by atoms with Gasteiger partial charge in [0, 0.05) is 18.8 Å². The normalized spacial score (nSPS) is 11.4. The van der Waals surface area contributed by atoms with Crippen LogP contribution in [0, 0.1) is 6.92 Å². The molecular weight excluding hydrogens is 425 g/mol. The van der Waals surface area contributed by atoms with E-state index in [1.54, 1.807) is 30.3 Å². The van der Waals surface area contributed by atoms with Crippen molar-refractivity contribution in [3.63, 3.8) is 0 Å². The minimum Gasteiger partial charge on any atom is -0.331 e. The Bertz CT molecular complexity index is 1220. The van der Waals surface area contributed by atoms with Gasteiger partial charge in [-0.15, -0.1) is 0 Å². The molecule has 0 saturated heterocycles. The first kappa shape index (κ1) is 23.0. The molecule has 1 N–H and O–H groups in total. The van der Waals surface area contributed by atoms with Crippen molar-refractivity contribution in [1.82, 2.24) is 14.5 Å². The molecule has 0 saturated carbocycles. The van der Waals surface area contributed by atoms with Crippen LogP contribution in [0.1, 0.15) is 18.1 Å². The number of nitrogens with zero attached hydrogens (tertiary/aromatic N) is 3. The summed E-state index contributed by atoms with van der Waals surface area (Å²) in [5.41, 5.74) is 1.81.